The summed E-state index contributed by atoms with van der Waals surface area (Å²) in [6, 6.07) is 25.2. The smallest absolute Gasteiger partial charge is 0.243 e. The quantitative estimate of drug-likeness (QED) is 0.622. The SMILES string of the molecule is COc1ccc([C@@H]2CN(S(=O)(=O)c3ccc(C)cc3)C[C@@H]2c2ccccc2)cc1. The van der Waals surface area contributed by atoms with E-state index in [4.69, 9.17) is 4.74 Å². The molecule has 5 heteroatoms. The summed E-state index contributed by atoms with van der Waals surface area (Å²) in [7, 11) is -1.90. The third-order valence-electron chi connectivity index (χ3n) is 5.72. The Balaban J connectivity index is 1.70. The predicted octanol–water partition coefficient (Wildman–Crippen LogP) is 4.58. The first-order chi connectivity index (χ1) is 14.0. The van der Waals surface area contributed by atoms with Crippen molar-refractivity contribution in [1.29, 1.82) is 0 Å². The molecule has 4 nitrogen and oxygen atoms in total. The fraction of sp³-hybridized carbons (Fsp3) is 0.250. The van der Waals surface area contributed by atoms with E-state index in [0.29, 0.717) is 18.0 Å². The van der Waals surface area contributed by atoms with E-state index < -0.39 is 10.0 Å². The van der Waals surface area contributed by atoms with Crippen LogP contribution >= 0.6 is 0 Å². The number of aryl methyl sites for hydroxylation is 1. The van der Waals surface area contributed by atoms with Gasteiger partial charge in [-0.05, 0) is 42.3 Å². The van der Waals surface area contributed by atoms with E-state index in [1.54, 1.807) is 23.5 Å². The standard InChI is InChI=1S/C24H25NO3S/c1-18-8-14-22(15-9-18)29(26,27)25-16-23(19-6-4-3-5-7-19)24(17-25)20-10-12-21(28-2)13-11-20/h3-15,23-24H,16-17H2,1-2H3/t23-,24+/m1/s1. The van der Waals surface area contributed by atoms with E-state index in [1.807, 2.05) is 61.5 Å². The van der Waals surface area contributed by atoms with Crippen LogP contribution in [-0.4, -0.2) is 32.9 Å². The predicted molar refractivity (Wildman–Crippen MR) is 115 cm³/mol. The number of nitrogens with zero attached hydrogens (tertiary/aromatic N) is 1. The summed E-state index contributed by atoms with van der Waals surface area (Å²) in [6.07, 6.45) is 0. The molecule has 0 aliphatic carbocycles. The van der Waals surface area contributed by atoms with Crippen LogP contribution < -0.4 is 4.74 Å². The van der Waals surface area contributed by atoms with Gasteiger partial charge in [-0.3, -0.25) is 0 Å². The highest BCUT2D eigenvalue weighted by atomic mass is 32.2. The molecular formula is C24H25NO3S. The molecule has 1 heterocycles. The second-order valence-electron chi connectivity index (χ2n) is 7.53. The zero-order valence-corrected chi connectivity index (χ0v) is 17.5. The van der Waals surface area contributed by atoms with E-state index in [2.05, 4.69) is 12.1 Å². The molecule has 1 aliphatic heterocycles. The minimum Gasteiger partial charge on any atom is -0.497 e. The van der Waals surface area contributed by atoms with Crippen molar-refractivity contribution < 1.29 is 13.2 Å². The van der Waals surface area contributed by atoms with E-state index >= 15 is 0 Å². The average Bonchev–Trinajstić information content (AvgIpc) is 3.21. The van der Waals surface area contributed by atoms with Crippen molar-refractivity contribution in [2.24, 2.45) is 0 Å². The van der Waals surface area contributed by atoms with Crippen molar-refractivity contribution in [3.8, 4) is 5.75 Å². The number of methoxy groups -OCH3 is 1. The number of sulfonamides is 1. The van der Waals surface area contributed by atoms with E-state index in [0.717, 1.165) is 22.4 Å². The Morgan fingerprint density at radius 2 is 1.34 bits per heavy atom. The molecule has 1 fully saturated rings. The molecule has 29 heavy (non-hydrogen) atoms. The maximum absolute atomic E-state index is 13.3. The van der Waals surface area contributed by atoms with E-state index in [9.17, 15) is 8.42 Å². The second-order valence-corrected chi connectivity index (χ2v) is 9.47. The van der Waals surface area contributed by atoms with Gasteiger partial charge in [-0.1, -0.05) is 60.2 Å². The van der Waals surface area contributed by atoms with Gasteiger partial charge in [-0.25, -0.2) is 8.42 Å². The van der Waals surface area contributed by atoms with Crippen molar-refractivity contribution in [1.82, 2.24) is 4.31 Å². The van der Waals surface area contributed by atoms with Crippen LogP contribution in [0.4, 0.5) is 0 Å². The van der Waals surface area contributed by atoms with Crippen molar-refractivity contribution in [2.45, 2.75) is 23.7 Å². The van der Waals surface area contributed by atoms with Crippen molar-refractivity contribution >= 4 is 10.0 Å². The molecular weight excluding hydrogens is 382 g/mol. The summed E-state index contributed by atoms with van der Waals surface area (Å²) in [4.78, 5) is 0.352. The van der Waals surface area contributed by atoms with Crippen LogP contribution in [0.5, 0.6) is 5.75 Å². The third-order valence-corrected chi connectivity index (χ3v) is 7.56. The lowest BCUT2D eigenvalue weighted by molar-refractivity contribution is 0.414. The normalized spacial score (nSPS) is 19.9. The lowest BCUT2D eigenvalue weighted by Crippen LogP contribution is -2.29. The molecule has 0 N–H and O–H groups in total. The first kappa shape index (κ1) is 19.7. The summed E-state index contributed by atoms with van der Waals surface area (Å²) in [5.41, 5.74) is 3.33. The van der Waals surface area contributed by atoms with Crippen LogP contribution in [0.2, 0.25) is 0 Å². The van der Waals surface area contributed by atoms with Crippen LogP contribution in [0.1, 0.15) is 28.5 Å². The van der Waals surface area contributed by atoms with Gasteiger partial charge in [-0.2, -0.15) is 4.31 Å². The Morgan fingerprint density at radius 3 is 1.90 bits per heavy atom. The Hall–Kier alpha value is -2.63. The van der Waals surface area contributed by atoms with Gasteiger partial charge in [0, 0.05) is 24.9 Å². The monoisotopic (exact) mass is 407 g/mol. The van der Waals surface area contributed by atoms with E-state index in [-0.39, 0.29) is 11.8 Å². The van der Waals surface area contributed by atoms with Crippen molar-refractivity contribution in [2.75, 3.05) is 20.2 Å². The number of benzene rings is 3. The first-order valence-electron chi connectivity index (χ1n) is 9.75. The van der Waals surface area contributed by atoms with Gasteiger partial charge in [-0.15, -0.1) is 0 Å². The summed E-state index contributed by atoms with van der Waals surface area (Å²) in [5, 5.41) is 0. The Labute approximate surface area is 172 Å². The first-order valence-corrected chi connectivity index (χ1v) is 11.2. The minimum absolute atomic E-state index is 0.0866. The van der Waals surface area contributed by atoms with Crippen LogP contribution in [0.25, 0.3) is 0 Å². The Bertz CT molecular complexity index is 1060. The molecule has 3 aromatic rings. The van der Waals surface area contributed by atoms with Crippen LogP contribution in [0.3, 0.4) is 0 Å². The molecule has 0 spiro atoms. The van der Waals surface area contributed by atoms with Crippen molar-refractivity contribution in [3.63, 3.8) is 0 Å². The van der Waals surface area contributed by atoms with Gasteiger partial charge in [0.1, 0.15) is 5.75 Å². The zero-order valence-electron chi connectivity index (χ0n) is 16.7. The topological polar surface area (TPSA) is 46.6 Å². The third kappa shape index (κ3) is 3.93. The van der Waals surface area contributed by atoms with Gasteiger partial charge in [0.25, 0.3) is 0 Å². The van der Waals surface area contributed by atoms with Crippen LogP contribution in [-0.2, 0) is 10.0 Å². The Kier molecular flexibility index (Phi) is 5.43. The molecule has 150 valence electrons. The number of hydrogen-bond acceptors (Lipinski definition) is 3. The molecule has 0 saturated carbocycles. The molecule has 0 aromatic heterocycles. The summed E-state index contributed by atoms with van der Waals surface area (Å²) in [5.74, 6) is 0.987. The Morgan fingerprint density at radius 1 is 0.793 bits per heavy atom. The molecule has 1 saturated heterocycles. The van der Waals surface area contributed by atoms with E-state index in [1.165, 1.54) is 0 Å². The molecule has 3 aromatic carbocycles. The van der Waals surface area contributed by atoms with Gasteiger partial charge in [0.15, 0.2) is 0 Å². The second kappa shape index (κ2) is 8.01. The molecule has 4 rings (SSSR count). The molecule has 1 aliphatic rings. The maximum atomic E-state index is 13.3. The number of ether oxygens (including phenoxy) is 1. The minimum atomic E-state index is -3.54. The summed E-state index contributed by atoms with van der Waals surface area (Å²) < 4.78 is 33.5. The maximum Gasteiger partial charge on any atom is 0.243 e. The highest BCUT2D eigenvalue weighted by molar-refractivity contribution is 7.89. The molecule has 2 atom stereocenters. The summed E-state index contributed by atoms with van der Waals surface area (Å²) >= 11 is 0. The highest BCUT2D eigenvalue weighted by Gasteiger charge is 2.40. The van der Waals surface area contributed by atoms with Gasteiger partial charge < -0.3 is 4.74 Å². The molecule has 0 radical (unpaired) electrons. The largest absolute Gasteiger partial charge is 0.497 e. The molecule has 0 unspecified atom stereocenters. The van der Waals surface area contributed by atoms with Gasteiger partial charge >= 0.3 is 0 Å². The van der Waals surface area contributed by atoms with Gasteiger partial charge in [0.05, 0.1) is 12.0 Å². The van der Waals surface area contributed by atoms with Crippen molar-refractivity contribution in [3.05, 3.63) is 95.6 Å². The van der Waals surface area contributed by atoms with Crippen LogP contribution in [0.15, 0.2) is 83.8 Å². The fourth-order valence-corrected chi connectivity index (χ4v) is 5.54. The molecule has 0 amide bonds. The van der Waals surface area contributed by atoms with Crippen LogP contribution in [0, 0.1) is 6.92 Å². The lowest BCUT2D eigenvalue weighted by Gasteiger charge is -2.19. The average molecular weight is 408 g/mol. The molecule has 0 bridgehead atoms. The highest BCUT2D eigenvalue weighted by Crippen LogP contribution is 2.42. The fourth-order valence-electron chi connectivity index (χ4n) is 4.05. The summed E-state index contributed by atoms with van der Waals surface area (Å²) in [6.45, 7) is 2.89. The van der Waals surface area contributed by atoms with Gasteiger partial charge in [0.2, 0.25) is 10.0 Å². The number of rotatable bonds is 5. The lowest BCUT2D eigenvalue weighted by atomic mass is 9.84. The number of hydrogen-bond donors (Lipinski definition) is 0. The zero-order chi connectivity index (χ0) is 20.4.